The molecular weight excluding hydrogens is 208 g/mol. The third-order valence-electron chi connectivity index (χ3n) is 2.68. The van der Waals surface area contributed by atoms with Crippen LogP contribution in [0.4, 0.5) is 5.69 Å². The van der Waals surface area contributed by atoms with Crippen LogP contribution in [0.1, 0.15) is 10.5 Å². The molecule has 6 nitrogen and oxygen atoms in total. The van der Waals surface area contributed by atoms with E-state index in [1.165, 1.54) is 4.90 Å². The highest BCUT2D eigenvalue weighted by atomic mass is 16.2. The Morgan fingerprint density at radius 3 is 2.81 bits per heavy atom. The number of nitrogen functional groups attached to an aromatic ring is 1. The third kappa shape index (κ3) is 1.86. The molecule has 0 spiro atoms. The predicted octanol–water partition coefficient (Wildman–Crippen LogP) is -0.489. The van der Waals surface area contributed by atoms with E-state index in [0.29, 0.717) is 24.5 Å². The van der Waals surface area contributed by atoms with Crippen molar-refractivity contribution in [3.05, 3.63) is 18.0 Å². The second-order valence-corrected chi connectivity index (χ2v) is 3.89. The molecule has 0 saturated carbocycles. The standard InChI is InChI=1S/C10H14N4O2/c1-13-2-3-14(6-9(13)15)10(16)8-4-7(11)5-12-8/h4-5,12H,2-3,6,11H2,1H3. The Balaban J connectivity index is 2.09. The molecule has 1 fully saturated rings. The van der Waals surface area contributed by atoms with Crippen LogP contribution in [-0.2, 0) is 4.79 Å². The first-order chi connectivity index (χ1) is 7.58. The number of hydrogen-bond donors (Lipinski definition) is 2. The van der Waals surface area contributed by atoms with Crippen molar-refractivity contribution >= 4 is 17.5 Å². The Labute approximate surface area is 93.0 Å². The number of piperazine rings is 1. The van der Waals surface area contributed by atoms with Crippen LogP contribution in [0.3, 0.4) is 0 Å². The van der Waals surface area contributed by atoms with E-state index in [0.717, 1.165) is 0 Å². The van der Waals surface area contributed by atoms with Gasteiger partial charge in [0.05, 0.1) is 0 Å². The number of nitrogens with zero attached hydrogens (tertiary/aromatic N) is 2. The molecule has 0 atom stereocenters. The summed E-state index contributed by atoms with van der Waals surface area (Å²) in [5, 5.41) is 0. The quantitative estimate of drug-likeness (QED) is 0.672. The molecule has 1 aliphatic rings. The largest absolute Gasteiger partial charge is 0.397 e. The van der Waals surface area contributed by atoms with E-state index in [-0.39, 0.29) is 18.4 Å². The van der Waals surface area contributed by atoms with Gasteiger partial charge in [-0.3, -0.25) is 9.59 Å². The minimum absolute atomic E-state index is 0.0425. The van der Waals surface area contributed by atoms with Crippen LogP contribution < -0.4 is 5.73 Å². The van der Waals surface area contributed by atoms with Crippen molar-refractivity contribution in [3.63, 3.8) is 0 Å². The molecule has 86 valence electrons. The van der Waals surface area contributed by atoms with E-state index >= 15 is 0 Å². The smallest absolute Gasteiger partial charge is 0.270 e. The Morgan fingerprint density at radius 1 is 1.50 bits per heavy atom. The first-order valence-electron chi connectivity index (χ1n) is 5.05. The van der Waals surface area contributed by atoms with E-state index in [1.807, 2.05) is 0 Å². The third-order valence-corrected chi connectivity index (χ3v) is 2.68. The van der Waals surface area contributed by atoms with Gasteiger partial charge in [0.15, 0.2) is 0 Å². The second kappa shape index (κ2) is 3.88. The van der Waals surface area contributed by atoms with E-state index < -0.39 is 0 Å². The van der Waals surface area contributed by atoms with Crippen LogP contribution in [0.25, 0.3) is 0 Å². The fourth-order valence-electron chi connectivity index (χ4n) is 1.64. The van der Waals surface area contributed by atoms with Gasteiger partial charge in [0, 0.05) is 32.0 Å². The average molecular weight is 222 g/mol. The number of rotatable bonds is 1. The molecule has 1 aromatic rings. The number of likely N-dealkylation sites (N-methyl/N-ethyl adjacent to an activating group) is 1. The van der Waals surface area contributed by atoms with Crippen LogP contribution in [0.5, 0.6) is 0 Å². The molecule has 2 rings (SSSR count). The average Bonchev–Trinajstić information content (AvgIpc) is 2.68. The van der Waals surface area contributed by atoms with E-state index in [9.17, 15) is 9.59 Å². The number of aromatic nitrogens is 1. The lowest BCUT2D eigenvalue weighted by Crippen LogP contribution is -2.50. The number of amides is 2. The fraction of sp³-hybridized carbons (Fsp3) is 0.400. The lowest BCUT2D eigenvalue weighted by Gasteiger charge is -2.31. The maximum Gasteiger partial charge on any atom is 0.270 e. The summed E-state index contributed by atoms with van der Waals surface area (Å²) in [6.45, 7) is 1.26. The lowest BCUT2D eigenvalue weighted by atomic mass is 10.3. The van der Waals surface area contributed by atoms with Gasteiger partial charge in [-0.25, -0.2) is 0 Å². The number of anilines is 1. The summed E-state index contributed by atoms with van der Waals surface area (Å²) in [7, 11) is 1.73. The SMILES string of the molecule is CN1CCN(C(=O)c2cc(N)c[nH]2)CC1=O. The van der Waals surface area contributed by atoms with Gasteiger partial charge in [0.1, 0.15) is 12.2 Å². The molecule has 0 bridgehead atoms. The monoisotopic (exact) mass is 222 g/mol. The summed E-state index contributed by atoms with van der Waals surface area (Å²) in [6, 6.07) is 1.57. The van der Waals surface area contributed by atoms with Crippen LogP contribution in [0.2, 0.25) is 0 Å². The van der Waals surface area contributed by atoms with E-state index in [4.69, 9.17) is 5.73 Å². The summed E-state index contributed by atoms with van der Waals surface area (Å²) in [5.41, 5.74) is 6.46. The maximum absolute atomic E-state index is 11.9. The zero-order valence-corrected chi connectivity index (χ0v) is 9.06. The highest BCUT2D eigenvalue weighted by molar-refractivity contribution is 5.96. The molecule has 16 heavy (non-hydrogen) atoms. The van der Waals surface area contributed by atoms with Gasteiger partial charge in [-0.05, 0) is 6.07 Å². The minimum Gasteiger partial charge on any atom is -0.397 e. The van der Waals surface area contributed by atoms with Crippen LogP contribution in [-0.4, -0.2) is 53.3 Å². The molecular formula is C10H14N4O2. The molecule has 0 unspecified atom stereocenters. The predicted molar refractivity (Wildman–Crippen MR) is 58.7 cm³/mol. The Bertz CT molecular complexity index is 426. The maximum atomic E-state index is 11.9. The molecule has 2 amide bonds. The van der Waals surface area contributed by atoms with Crippen molar-refractivity contribution in [1.82, 2.24) is 14.8 Å². The number of hydrogen-bond acceptors (Lipinski definition) is 3. The molecule has 1 aromatic heterocycles. The van der Waals surface area contributed by atoms with Gasteiger partial charge in [0.2, 0.25) is 5.91 Å². The number of nitrogens with two attached hydrogens (primary N) is 1. The molecule has 0 radical (unpaired) electrons. The van der Waals surface area contributed by atoms with Gasteiger partial charge >= 0.3 is 0 Å². The summed E-state index contributed by atoms with van der Waals surface area (Å²) in [5.74, 6) is -0.225. The second-order valence-electron chi connectivity index (χ2n) is 3.89. The highest BCUT2D eigenvalue weighted by Gasteiger charge is 2.26. The lowest BCUT2D eigenvalue weighted by molar-refractivity contribution is -0.133. The molecule has 6 heteroatoms. The summed E-state index contributed by atoms with van der Waals surface area (Å²) >= 11 is 0. The van der Waals surface area contributed by atoms with Crippen LogP contribution in [0.15, 0.2) is 12.3 Å². The molecule has 1 saturated heterocycles. The molecule has 3 N–H and O–H groups in total. The molecule has 0 aliphatic carbocycles. The molecule has 2 heterocycles. The first kappa shape index (κ1) is 10.5. The topological polar surface area (TPSA) is 82.4 Å². The summed E-state index contributed by atoms with van der Waals surface area (Å²) in [4.78, 5) is 29.3. The normalized spacial score (nSPS) is 16.7. The first-order valence-corrected chi connectivity index (χ1v) is 5.05. The van der Waals surface area contributed by atoms with Crippen molar-refractivity contribution in [2.45, 2.75) is 0 Å². The Morgan fingerprint density at radius 2 is 2.25 bits per heavy atom. The minimum atomic E-state index is -0.182. The number of H-pyrrole nitrogens is 1. The number of aromatic amines is 1. The van der Waals surface area contributed by atoms with Gasteiger partial charge in [0.25, 0.3) is 5.91 Å². The molecule has 1 aliphatic heterocycles. The number of carbonyl (C=O) groups excluding carboxylic acids is 2. The van der Waals surface area contributed by atoms with Gasteiger partial charge in [-0.15, -0.1) is 0 Å². The summed E-state index contributed by atoms with van der Waals surface area (Å²) < 4.78 is 0. The van der Waals surface area contributed by atoms with Gasteiger partial charge in [-0.1, -0.05) is 0 Å². The van der Waals surface area contributed by atoms with Crippen LogP contribution >= 0.6 is 0 Å². The fourth-order valence-corrected chi connectivity index (χ4v) is 1.64. The zero-order chi connectivity index (χ0) is 11.7. The van der Waals surface area contributed by atoms with Crippen LogP contribution in [0, 0.1) is 0 Å². The van der Waals surface area contributed by atoms with Gasteiger partial charge < -0.3 is 20.5 Å². The van der Waals surface area contributed by atoms with Crippen molar-refractivity contribution in [2.24, 2.45) is 0 Å². The zero-order valence-electron chi connectivity index (χ0n) is 9.06. The van der Waals surface area contributed by atoms with E-state index in [2.05, 4.69) is 4.98 Å². The Kier molecular flexibility index (Phi) is 2.55. The number of nitrogens with one attached hydrogen (secondary N) is 1. The van der Waals surface area contributed by atoms with Crippen molar-refractivity contribution in [2.75, 3.05) is 32.4 Å². The van der Waals surface area contributed by atoms with Crippen molar-refractivity contribution in [1.29, 1.82) is 0 Å². The Hall–Kier alpha value is -1.98. The van der Waals surface area contributed by atoms with Crippen molar-refractivity contribution in [3.8, 4) is 0 Å². The van der Waals surface area contributed by atoms with E-state index in [1.54, 1.807) is 24.2 Å². The summed E-state index contributed by atoms with van der Waals surface area (Å²) in [6.07, 6.45) is 1.56. The highest BCUT2D eigenvalue weighted by Crippen LogP contribution is 2.10. The number of carbonyl (C=O) groups is 2. The van der Waals surface area contributed by atoms with Gasteiger partial charge in [-0.2, -0.15) is 0 Å². The molecule has 0 aromatic carbocycles. The van der Waals surface area contributed by atoms with Crippen molar-refractivity contribution < 1.29 is 9.59 Å².